The van der Waals surface area contributed by atoms with Gasteiger partial charge in [-0.2, -0.15) is 5.10 Å². The normalized spacial score (nSPS) is 17.0. The first-order chi connectivity index (χ1) is 13.1. The van der Waals surface area contributed by atoms with Gasteiger partial charge in [0, 0.05) is 25.5 Å². The van der Waals surface area contributed by atoms with Crippen LogP contribution in [0.1, 0.15) is 23.2 Å². The van der Waals surface area contributed by atoms with Crippen LogP contribution in [0.2, 0.25) is 0 Å². The predicted molar refractivity (Wildman–Crippen MR) is 99.2 cm³/mol. The minimum Gasteiger partial charge on any atom is -0.481 e. The lowest BCUT2D eigenvalue weighted by Gasteiger charge is -2.30. The van der Waals surface area contributed by atoms with Crippen molar-refractivity contribution in [3.63, 3.8) is 0 Å². The second kappa shape index (κ2) is 7.11. The van der Waals surface area contributed by atoms with Gasteiger partial charge in [-0.25, -0.2) is 4.68 Å². The first-order valence-corrected chi connectivity index (χ1v) is 8.94. The third-order valence-corrected chi connectivity index (χ3v) is 4.88. The summed E-state index contributed by atoms with van der Waals surface area (Å²) < 4.78 is 3.58. The van der Waals surface area contributed by atoms with Crippen molar-refractivity contribution in [1.82, 2.24) is 19.2 Å². The van der Waals surface area contributed by atoms with E-state index in [1.54, 1.807) is 15.8 Å². The van der Waals surface area contributed by atoms with E-state index >= 15 is 0 Å². The van der Waals surface area contributed by atoms with E-state index in [0.29, 0.717) is 30.8 Å². The molecule has 1 atom stereocenters. The van der Waals surface area contributed by atoms with Crippen molar-refractivity contribution in [3.05, 3.63) is 66.6 Å². The van der Waals surface area contributed by atoms with Gasteiger partial charge < -0.3 is 14.6 Å². The number of carbonyl (C=O) groups excluding carboxylic acids is 1. The second-order valence-corrected chi connectivity index (χ2v) is 6.65. The van der Waals surface area contributed by atoms with Gasteiger partial charge in [-0.05, 0) is 37.1 Å². The molecule has 1 aliphatic heterocycles. The summed E-state index contributed by atoms with van der Waals surface area (Å²) >= 11 is 0. The number of rotatable bonds is 4. The van der Waals surface area contributed by atoms with Crippen molar-refractivity contribution in [2.75, 3.05) is 13.1 Å². The highest BCUT2D eigenvalue weighted by atomic mass is 16.4. The number of aromatic nitrogens is 3. The number of nitrogens with zero attached hydrogens (tertiary/aromatic N) is 4. The number of amides is 1. The van der Waals surface area contributed by atoms with E-state index in [-0.39, 0.29) is 12.5 Å². The van der Waals surface area contributed by atoms with E-state index in [0.717, 1.165) is 5.69 Å². The molecule has 1 aliphatic rings. The molecule has 1 N–H and O–H groups in total. The Hall–Kier alpha value is -3.35. The van der Waals surface area contributed by atoms with Gasteiger partial charge in [0.2, 0.25) is 0 Å². The lowest BCUT2D eigenvalue weighted by atomic mass is 9.98. The van der Waals surface area contributed by atoms with Gasteiger partial charge in [0.05, 0.1) is 17.8 Å². The number of para-hydroxylation sites is 1. The Morgan fingerprint density at radius 1 is 1.07 bits per heavy atom. The van der Waals surface area contributed by atoms with Crippen LogP contribution in [0.5, 0.6) is 0 Å². The molecule has 0 aliphatic carbocycles. The van der Waals surface area contributed by atoms with Crippen molar-refractivity contribution >= 4 is 11.9 Å². The lowest BCUT2D eigenvalue weighted by molar-refractivity contribution is -0.143. The topological polar surface area (TPSA) is 80.4 Å². The van der Waals surface area contributed by atoms with E-state index in [9.17, 15) is 14.7 Å². The maximum absolute atomic E-state index is 13.2. The molecule has 1 saturated heterocycles. The van der Waals surface area contributed by atoms with E-state index in [1.165, 1.54) is 0 Å². The Balaban J connectivity index is 1.74. The zero-order valence-electron chi connectivity index (χ0n) is 14.7. The Bertz CT molecular complexity index is 947. The summed E-state index contributed by atoms with van der Waals surface area (Å²) in [6.07, 6.45) is 6.59. The van der Waals surface area contributed by atoms with Gasteiger partial charge in [0.1, 0.15) is 5.56 Å². The summed E-state index contributed by atoms with van der Waals surface area (Å²) in [5, 5.41) is 13.8. The largest absolute Gasteiger partial charge is 0.481 e. The summed E-state index contributed by atoms with van der Waals surface area (Å²) in [5.41, 5.74) is 1.31. The number of hydrogen-bond acceptors (Lipinski definition) is 3. The molecule has 7 nitrogen and oxygen atoms in total. The summed E-state index contributed by atoms with van der Waals surface area (Å²) in [7, 11) is 0. The summed E-state index contributed by atoms with van der Waals surface area (Å²) in [4.78, 5) is 26.2. The molecule has 1 amide bonds. The quantitative estimate of drug-likeness (QED) is 0.772. The molecule has 0 bridgehead atoms. The minimum absolute atomic E-state index is 0.188. The summed E-state index contributed by atoms with van der Waals surface area (Å²) in [6.45, 7) is 0.792. The third-order valence-electron chi connectivity index (χ3n) is 4.88. The van der Waals surface area contributed by atoms with Crippen LogP contribution in [0.4, 0.5) is 0 Å². The highest BCUT2D eigenvalue weighted by Crippen LogP contribution is 2.24. The van der Waals surface area contributed by atoms with Crippen molar-refractivity contribution < 1.29 is 14.7 Å². The zero-order valence-corrected chi connectivity index (χ0v) is 14.7. The van der Waals surface area contributed by atoms with Gasteiger partial charge >= 0.3 is 5.97 Å². The number of aliphatic carboxylic acids is 1. The number of carboxylic acid groups (broad SMARTS) is 1. The number of carbonyl (C=O) groups is 2. The van der Waals surface area contributed by atoms with Crippen LogP contribution < -0.4 is 0 Å². The molecule has 1 fully saturated rings. The molecule has 3 aromatic rings. The molecule has 2 aromatic heterocycles. The Morgan fingerprint density at radius 3 is 2.52 bits per heavy atom. The molecule has 4 rings (SSSR count). The monoisotopic (exact) mass is 364 g/mol. The Morgan fingerprint density at radius 2 is 1.81 bits per heavy atom. The molecule has 1 unspecified atom stereocenters. The van der Waals surface area contributed by atoms with Gasteiger partial charge in [0.25, 0.3) is 5.91 Å². The fourth-order valence-electron chi connectivity index (χ4n) is 3.51. The van der Waals surface area contributed by atoms with Crippen molar-refractivity contribution in [1.29, 1.82) is 0 Å². The molecule has 0 spiro atoms. The van der Waals surface area contributed by atoms with Gasteiger partial charge in [-0.1, -0.05) is 18.2 Å². The van der Waals surface area contributed by atoms with Crippen molar-refractivity contribution in [2.45, 2.75) is 12.8 Å². The van der Waals surface area contributed by atoms with Crippen LogP contribution in [-0.4, -0.2) is 49.3 Å². The highest BCUT2D eigenvalue weighted by Gasteiger charge is 2.31. The number of benzene rings is 1. The molecule has 27 heavy (non-hydrogen) atoms. The summed E-state index contributed by atoms with van der Waals surface area (Å²) in [6, 6.07) is 13.4. The standard InChI is InChI=1S/C20H20N4O3/c25-19(23-12-6-7-15(14-23)20(26)27)17-13-21-24(16-8-2-1-3-9-16)18(17)22-10-4-5-11-22/h1-5,8-11,13,15H,6-7,12,14H2,(H,26,27). The molecule has 0 saturated carbocycles. The average Bonchev–Trinajstić information content (AvgIpc) is 3.37. The summed E-state index contributed by atoms with van der Waals surface area (Å²) in [5.74, 6) is -0.902. The Labute approximate surface area is 156 Å². The smallest absolute Gasteiger partial charge is 0.308 e. The minimum atomic E-state index is -0.849. The number of piperidine rings is 1. The average molecular weight is 364 g/mol. The van der Waals surface area contributed by atoms with Gasteiger partial charge in [-0.15, -0.1) is 0 Å². The molecular weight excluding hydrogens is 344 g/mol. The molecule has 7 heteroatoms. The zero-order chi connectivity index (χ0) is 18.8. The molecule has 0 radical (unpaired) electrons. The first-order valence-electron chi connectivity index (χ1n) is 8.94. The molecule has 138 valence electrons. The van der Waals surface area contributed by atoms with E-state index in [4.69, 9.17) is 0 Å². The number of hydrogen-bond donors (Lipinski definition) is 1. The molecule has 3 heterocycles. The number of carboxylic acids is 1. The molecule has 1 aromatic carbocycles. The van der Waals surface area contributed by atoms with Crippen molar-refractivity contribution in [2.24, 2.45) is 5.92 Å². The van der Waals surface area contributed by atoms with Crippen LogP contribution in [0.15, 0.2) is 61.1 Å². The van der Waals surface area contributed by atoms with Crippen LogP contribution in [0, 0.1) is 5.92 Å². The van der Waals surface area contributed by atoms with Gasteiger partial charge in [-0.3, -0.25) is 9.59 Å². The van der Waals surface area contributed by atoms with Crippen LogP contribution in [-0.2, 0) is 4.79 Å². The van der Waals surface area contributed by atoms with E-state index < -0.39 is 11.9 Å². The van der Waals surface area contributed by atoms with Gasteiger partial charge in [0.15, 0.2) is 5.82 Å². The third kappa shape index (κ3) is 3.23. The van der Waals surface area contributed by atoms with Crippen LogP contribution >= 0.6 is 0 Å². The second-order valence-electron chi connectivity index (χ2n) is 6.65. The SMILES string of the molecule is O=C(O)C1CCCN(C(=O)c2cnn(-c3ccccc3)c2-n2cccc2)C1. The lowest BCUT2D eigenvalue weighted by Crippen LogP contribution is -2.42. The van der Waals surface area contributed by atoms with E-state index in [2.05, 4.69) is 5.10 Å². The molecular formula is C20H20N4O3. The maximum atomic E-state index is 13.2. The van der Waals surface area contributed by atoms with Crippen molar-refractivity contribution in [3.8, 4) is 11.5 Å². The van der Waals surface area contributed by atoms with Crippen LogP contribution in [0.25, 0.3) is 11.5 Å². The van der Waals surface area contributed by atoms with Crippen LogP contribution in [0.3, 0.4) is 0 Å². The Kier molecular flexibility index (Phi) is 4.50. The highest BCUT2D eigenvalue weighted by molar-refractivity contribution is 5.97. The first kappa shape index (κ1) is 17.1. The predicted octanol–water partition coefficient (Wildman–Crippen LogP) is 2.60. The fraction of sp³-hybridized carbons (Fsp3) is 0.250. The number of likely N-dealkylation sites (tertiary alicyclic amines) is 1. The fourth-order valence-corrected chi connectivity index (χ4v) is 3.51. The maximum Gasteiger partial charge on any atom is 0.308 e. The van der Waals surface area contributed by atoms with E-state index in [1.807, 2.05) is 59.4 Å².